The van der Waals surface area contributed by atoms with Crippen molar-refractivity contribution in [2.45, 2.75) is 32.4 Å². The third-order valence-electron chi connectivity index (χ3n) is 2.93. The Balaban J connectivity index is 2.25. The first-order chi connectivity index (χ1) is 9.47. The van der Waals surface area contributed by atoms with Crippen molar-refractivity contribution in [2.24, 2.45) is 0 Å². The fraction of sp³-hybridized carbons (Fsp3) is 0.333. The molecule has 0 fully saturated rings. The van der Waals surface area contributed by atoms with Crippen LogP contribution >= 0.6 is 0 Å². The lowest BCUT2D eigenvalue weighted by molar-refractivity contribution is 0.0895. The lowest BCUT2D eigenvalue weighted by Crippen LogP contribution is -2.35. The van der Waals surface area contributed by atoms with Crippen LogP contribution < -0.4 is 10.7 Å². The van der Waals surface area contributed by atoms with Crippen molar-refractivity contribution in [3.8, 4) is 0 Å². The molecule has 0 saturated heterocycles. The maximum Gasteiger partial charge on any atom is 0.287 e. The molecule has 2 N–H and O–H groups in total. The Kier molecular flexibility index (Phi) is 4.20. The second-order valence-electron chi connectivity index (χ2n) is 4.93. The highest BCUT2D eigenvalue weighted by molar-refractivity contribution is 5.93. The third kappa shape index (κ3) is 3.24. The zero-order valence-electron chi connectivity index (χ0n) is 11.4. The first-order valence-corrected chi connectivity index (χ1v) is 6.49. The number of carbonyl (C=O) groups excluding carboxylic acids is 1. The molecule has 0 spiro atoms. The van der Waals surface area contributed by atoms with Gasteiger partial charge in [-0.15, -0.1) is 0 Å². The molecule has 1 heterocycles. The van der Waals surface area contributed by atoms with Crippen molar-refractivity contribution in [2.75, 3.05) is 0 Å². The van der Waals surface area contributed by atoms with Crippen LogP contribution in [-0.2, 0) is 0 Å². The van der Waals surface area contributed by atoms with Crippen LogP contribution in [0.15, 0.2) is 39.5 Å². The van der Waals surface area contributed by atoms with Crippen LogP contribution in [0.4, 0.5) is 0 Å². The van der Waals surface area contributed by atoms with Crippen LogP contribution in [0.5, 0.6) is 0 Å². The Bertz CT molecular complexity index is 675. The number of aliphatic hydroxyl groups is 1. The molecule has 2 unspecified atom stereocenters. The number of hydrogen-bond acceptors (Lipinski definition) is 4. The van der Waals surface area contributed by atoms with E-state index in [0.29, 0.717) is 17.4 Å². The molecule has 0 aliphatic heterocycles. The molecule has 2 atom stereocenters. The molecular weight excluding hydrogens is 258 g/mol. The van der Waals surface area contributed by atoms with E-state index < -0.39 is 12.0 Å². The van der Waals surface area contributed by atoms with Crippen molar-refractivity contribution < 1.29 is 14.3 Å². The van der Waals surface area contributed by atoms with E-state index >= 15 is 0 Å². The van der Waals surface area contributed by atoms with Gasteiger partial charge in [0.1, 0.15) is 5.58 Å². The number of para-hydroxylation sites is 1. The van der Waals surface area contributed by atoms with Gasteiger partial charge < -0.3 is 14.8 Å². The van der Waals surface area contributed by atoms with E-state index in [2.05, 4.69) is 5.32 Å². The molecule has 1 aromatic heterocycles. The average Bonchev–Trinajstić information content (AvgIpc) is 2.37. The molecule has 0 bridgehead atoms. The van der Waals surface area contributed by atoms with Crippen LogP contribution in [0, 0.1) is 0 Å². The minimum Gasteiger partial charge on any atom is -0.451 e. The van der Waals surface area contributed by atoms with E-state index in [1.807, 2.05) is 0 Å². The van der Waals surface area contributed by atoms with Crippen LogP contribution in [-0.4, -0.2) is 23.2 Å². The Morgan fingerprint density at radius 3 is 2.75 bits per heavy atom. The molecule has 20 heavy (non-hydrogen) atoms. The summed E-state index contributed by atoms with van der Waals surface area (Å²) in [6, 6.07) is 7.75. The Morgan fingerprint density at radius 2 is 2.05 bits per heavy atom. The molecular formula is C15H17NO4. The molecule has 106 valence electrons. The predicted octanol–water partition coefficient (Wildman–Crippen LogP) is 1.68. The fourth-order valence-electron chi connectivity index (χ4n) is 2.08. The van der Waals surface area contributed by atoms with Gasteiger partial charge in [0.25, 0.3) is 5.91 Å². The molecule has 5 heteroatoms. The van der Waals surface area contributed by atoms with E-state index in [4.69, 9.17) is 4.42 Å². The van der Waals surface area contributed by atoms with Gasteiger partial charge in [0.05, 0.1) is 11.5 Å². The van der Waals surface area contributed by atoms with Gasteiger partial charge >= 0.3 is 0 Å². The number of benzene rings is 1. The number of rotatable bonds is 4. The number of nitrogens with one attached hydrogen (secondary N) is 1. The maximum atomic E-state index is 12.0. The van der Waals surface area contributed by atoms with E-state index in [0.717, 1.165) is 0 Å². The first-order valence-electron chi connectivity index (χ1n) is 6.49. The summed E-state index contributed by atoms with van der Waals surface area (Å²) in [5, 5.41) is 12.4. The molecule has 0 saturated carbocycles. The zero-order valence-corrected chi connectivity index (χ0v) is 11.4. The van der Waals surface area contributed by atoms with E-state index in [9.17, 15) is 14.7 Å². The molecule has 1 aromatic carbocycles. The molecule has 1 amide bonds. The van der Waals surface area contributed by atoms with Gasteiger partial charge in [-0.25, -0.2) is 0 Å². The van der Waals surface area contributed by atoms with Crippen molar-refractivity contribution in [3.63, 3.8) is 0 Å². The highest BCUT2D eigenvalue weighted by Gasteiger charge is 2.15. The monoisotopic (exact) mass is 275 g/mol. The summed E-state index contributed by atoms with van der Waals surface area (Å²) < 4.78 is 5.44. The second kappa shape index (κ2) is 5.88. The molecule has 0 radical (unpaired) electrons. The van der Waals surface area contributed by atoms with Gasteiger partial charge in [0, 0.05) is 12.1 Å². The smallest absolute Gasteiger partial charge is 0.287 e. The standard InChI is InChI=1S/C15H17NO4/c1-9(7-10(2)17)16-15(19)14-8-12(18)11-5-3-4-6-13(11)20-14/h3-6,8-10,17H,7H2,1-2H3,(H,16,19). The Labute approximate surface area is 116 Å². The lowest BCUT2D eigenvalue weighted by atomic mass is 10.1. The van der Waals surface area contributed by atoms with Crippen LogP contribution in [0.25, 0.3) is 11.0 Å². The van der Waals surface area contributed by atoms with Gasteiger partial charge in [-0.1, -0.05) is 12.1 Å². The summed E-state index contributed by atoms with van der Waals surface area (Å²) in [6.45, 7) is 3.43. The number of fused-ring (bicyclic) bond motifs is 1. The summed E-state index contributed by atoms with van der Waals surface area (Å²) in [7, 11) is 0. The summed E-state index contributed by atoms with van der Waals surface area (Å²) in [6.07, 6.45) is -0.0716. The Morgan fingerprint density at radius 1 is 1.35 bits per heavy atom. The fourth-order valence-corrected chi connectivity index (χ4v) is 2.08. The van der Waals surface area contributed by atoms with Gasteiger partial charge in [0.15, 0.2) is 11.2 Å². The molecule has 5 nitrogen and oxygen atoms in total. The first kappa shape index (κ1) is 14.3. The Hall–Kier alpha value is -2.14. The van der Waals surface area contributed by atoms with Crippen molar-refractivity contribution in [3.05, 3.63) is 46.3 Å². The molecule has 2 aromatic rings. The highest BCUT2D eigenvalue weighted by atomic mass is 16.3. The van der Waals surface area contributed by atoms with Crippen LogP contribution in [0.3, 0.4) is 0 Å². The van der Waals surface area contributed by atoms with Crippen molar-refractivity contribution in [1.29, 1.82) is 0 Å². The van der Waals surface area contributed by atoms with Gasteiger partial charge in [0.2, 0.25) is 0 Å². The minimum atomic E-state index is -0.506. The average molecular weight is 275 g/mol. The second-order valence-corrected chi connectivity index (χ2v) is 4.93. The zero-order chi connectivity index (χ0) is 14.7. The highest BCUT2D eigenvalue weighted by Crippen LogP contribution is 2.12. The van der Waals surface area contributed by atoms with Crippen LogP contribution in [0.1, 0.15) is 30.8 Å². The number of aliphatic hydroxyl groups excluding tert-OH is 1. The summed E-state index contributed by atoms with van der Waals surface area (Å²) >= 11 is 0. The van der Waals surface area contributed by atoms with E-state index in [1.54, 1.807) is 38.1 Å². The maximum absolute atomic E-state index is 12.0. The summed E-state index contributed by atoms with van der Waals surface area (Å²) in [4.78, 5) is 23.9. The molecule has 0 aliphatic carbocycles. The summed E-state index contributed by atoms with van der Waals surface area (Å²) in [5.41, 5.74) is 0.133. The van der Waals surface area contributed by atoms with Crippen LogP contribution in [0.2, 0.25) is 0 Å². The van der Waals surface area contributed by atoms with Gasteiger partial charge in [-0.05, 0) is 32.4 Å². The van der Waals surface area contributed by atoms with Gasteiger partial charge in [-0.2, -0.15) is 0 Å². The predicted molar refractivity (Wildman–Crippen MR) is 75.7 cm³/mol. The minimum absolute atomic E-state index is 0.0221. The number of hydrogen-bond donors (Lipinski definition) is 2. The topological polar surface area (TPSA) is 79.5 Å². The van der Waals surface area contributed by atoms with E-state index in [-0.39, 0.29) is 17.2 Å². The van der Waals surface area contributed by atoms with E-state index in [1.165, 1.54) is 6.07 Å². The number of amides is 1. The van der Waals surface area contributed by atoms with Crippen molar-refractivity contribution >= 4 is 16.9 Å². The summed E-state index contributed by atoms with van der Waals surface area (Å²) in [5.74, 6) is -0.479. The van der Waals surface area contributed by atoms with Crippen molar-refractivity contribution in [1.82, 2.24) is 5.32 Å². The van der Waals surface area contributed by atoms with Gasteiger partial charge in [-0.3, -0.25) is 9.59 Å². The molecule has 2 rings (SSSR count). The third-order valence-corrected chi connectivity index (χ3v) is 2.93. The number of carbonyl (C=O) groups is 1. The SMILES string of the molecule is CC(O)CC(C)NC(=O)c1cc(=O)c2ccccc2o1. The quantitative estimate of drug-likeness (QED) is 0.889. The lowest BCUT2D eigenvalue weighted by Gasteiger charge is -2.14. The largest absolute Gasteiger partial charge is 0.451 e. The normalized spacial score (nSPS) is 13.9. The molecule has 0 aliphatic rings.